The number of likely N-dealkylation sites (tertiary alicyclic amines) is 1. The van der Waals surface area contributed by atoms with Crippen LogP contribution in [0.4, 0.5) is 0 Å². The minimum Gasteiger partial charge on any atom is -0.497 e. The van der Waals surface area contributed by atoms with Gasteiger partial charge in [-0.05, 0) is 74.1 Å². The topological polar surface area (TPSA) is 90.7 Å². The van der Waals surface area contributed by atoms with Gasteiger partial charge in [0.25, 0.3) is 0 Å². The van der Waals surface area contributed by atoms with E-state index in [2.05, 4.69) is 6.07 Å². The van der Waals surface area contributed by atoms with E-state index >= 15 is 0 Å². The third-order valence-corrected chi connectivity index (χ3v) is 8.60. The van der Waals surface area contributed by atoms with Crippen molar-refractivity contribution in [2.45, 2.75) is 43.0 Å². The highest BCUT2D eigenvalue weighted by molar-refractivity contribution is 7.89. The second-order valence-corrected chi connectivity index (χ2v) is 10.6. The summed E-state index contributed by atoms with van der Waals surface area (Å²) in [6, 6.07) is 16.1. The Balaban J connectivity index is 1.37. The lowest BCUT2D eigenvalue weighted by molar-refractivity contribution is -0.137. The van der Waals surface area contributed by atoms with Crippen LogP contribution in [0.1, 0.15) is 36.8 Å². The number of carbonyl (C=O) groups excluding carboxylic acids is 1. The molecule has 8 heteroatoms. The molecule has 7 nitrogen and oxygen atoms in total. The van der Waals surface area contributed by atoms with E-state index in [1.165, 1.54) is 28.6 Å². The molecular weight excluding hydrogens is 438 g/mol. The molecule has 2 aliphatic heterocycles. The van der Waals surface area contributed by atoms with E-state index in [1.807, 2.05) is 29.2 Å². The molecule has 0 spiro atoms. The van der Waals surface area contributed by atoms with Crippen LogP contribution in [0.25, 0.3) is 0 Å². The number of nitrogens with zero attached hydrogens (tertiary/aromatic N) is 3. The van der Waals surface area contributed by atoms with Gasteiger partial charge in [-0.2, -0.15) is 9.57 Å². The maximum Gasteiger partial charge on any atom is 0.243 e. The number of piperidine rings is 1. The van der Waals surface area contributed by atoms with Gasteiger partial charge in [0, 0.05) is 31.6 Å². The van der Waals surface area contributed by atoms with Gasteiger partial charge in [0.1, 0.15) is 5.75 Å². The van der Waals surface area contributed by atoms with Gasteiger partial charge in [-0.3, -0.25) is 4.79 Å². The molecule has 0 N–H and O–H groups in total. The SMILES string of the molecule is COc1cccc(CC2CCCN2C(=O)C2CCN(S(=O)(=O)c3ccc(C#N)cc3)CC2)c1. The Morgan fingerprint density at radius 3 is 2.48 bits per heavy atom. The zero-order valence-electron chi connectivity index (χ0n) is 18.8. The average molecular weight is 468 g/mol. The third-order valence-electron chi connectivity index (χ3n) is 6.69. The number of nitriles is 1. The molecule has 4 rings (SSSR count). The van der Waals surface area contributed by atoms with Crippen molar-refractivity contribution in [3.8, 4) is 11.8 Å². The van der Waals surface area contributed by atoms with E-state index in [1.54, 1.807) is 7.11 Å². The molecule has 2 aliphatic rings. The highest BCUT2D eigenvalue weighted by Crippen LogP contribution is 2.29. The number of sulfonamides is 1. The van der Waals surface area contributed by atoms with E-state index in [-0.39, 0.29) is 22.8 Å². The van der Waals surface area contributed by atoms with Crippen molar-refractivity contribution in [1.29, 1.82) is 5.26 Å². The monoisotopic (exact) mass is 467 g/mol. The molecule has 33 heavy (non-hydrogen) atoms. The summed E-state index contributed by atoms with van der Waals surface area (Å²) in [7, 11) is -1.97. The van der Waals surface area contributed by atoms with Crippen LogP contribution in [0, 0.1) is 17.2 Å². The smallest absolute Gasteiger partial charge is 0.243 e. The highest BCUT2D eigenvalue weighted by atomic mass is 32.2. The van der Waals surface area contributed by atoms with E-state index in [0.717, 1.165) is 37.1 Å². The second-order valence-electron chi connectivity index (χ2n) is 8.70. The molecule has 0 bridgehead atoms. The molecule has 2 aromatic carbocycles. The largest absolute Gasteiger partial charge is 0.497 e. The van der Waals surface area contributed by atoms with Gasteiger partial charge >= 0.3 is 0 Å². The Hall–Kier alpha value is -2.89. The molecule has 1 unspecified atom stereocenters. The predicted octanol–water partition coefficient (Wildman–Crippen LogP) is 3.20. The molecule has 2 heterocycles. The fourth-order valence-corrected chi connectivity index (χ4v) is 6.31. The molecule has 0 saturated carbocycles. The predicted molar refractivity (Wildman–Crippen MR) is 124 cm³/mol. The van der Waals surface area contributed by atoms with Gasteiger partial charge in [-0.15, -0.1) is 0 Å². The van der Waals surface area contributed by atoms with Crippen molar-refractivity contribution in [3.63, 3.8) is 0 Å². The van der Waals surface area contributed by atoms with Gasteiger partial charge in [-0.1, -0.05) is 12.1 Å². The van der Waals surface area contributed by atoms with E-state index in [9.17, 15) is 13.2 Å². The minimum atomic E-state index is -3.63. The lowest BCUT2D eigenvalue weighted by atomic mass is 9.95. The Morgan fingerprint density at radius 1 is 1.09 bits per heavy atom. The molecule has 0 aliphatic carbocycles. The van der Waals surface area contributed by atoms with E-state index in [0.29, 0.717) is 31.5 Å². The Kier molecular flexibility index (Phi) is 7.01. The highest BCUT2D eigenvalue weighted by Gasteiger charge is 2.37. The maximum atomic E-state index is 13.3. The molecule has 1 atom stereocenters. The zero-order chi connectivity index (χ0) is 23.4. The number of hydrogen-bond donors (Lipinski definition) is 0. The van der Waals surface area contributed by atoms with Crippen molar-refractivity contribution in [3.05, 3.63) is 59.7 Å². The van der Waals surface area contributed by atoms with E-state index < -0.39 is 10.0 Å². The fourth-order valence-electron chi connectivity index (χ4n) is 4.84. The summed E-state index contributed by atoms with van der Waals surface area (Å²) in [5.41, 5.74) is 1.58. The summed E-state index contributed by atoms with van der Waals surface area (Å²) in [5, 5.41) is 8.92. The third kappa shape index (κ3) is 5.05. The number of amides is 1. The lowest BCUT2D eigenvalue weighted by Gasteiger charge is -2.34. The van der Waals surface area contributed by atoms with Crippen molar-refractivity contribution in [2.24, 2.45) is 5.92 Å². The van der Waals surface area contributed by atoms with Gasteiger partial charge in [-0.25, -0.2) is 8.42 Å². The number of methoxy groups -OCH3 is 1. The first-order chi connectivity index (χ1) is 15.9. The summed E-state index contributed by atoms with van der Waals surface area (Å²) in [6.07, 6.45) is 3.82. The van der Waals surface area contributed by atoms with Gasteiger partial charge < -0.3 is 9.64 Å². The van der Waals surface area contributed by atoms with Crippen LogP contribution in [-0.4, -0.2) is 56.3 Å². The van der Waals surface area contributed by atoms with Crippen molar-refractivity contribution in [2.75, 3.05) is 26.7 Å². The first-order valence-corrected chi connectivity index (χ1v) is 12.8. The van der Waals surface area contributed by atoms with Crippen LogP contribution in [0.3, 0.4) is 0 Å². The lowest BCUT2D eigenvalue weighted by Crippen LogP contribution is -2.46. The van der Waals surface area contributed by atoms with Gasteiger partial charge in [0.15, 0.2) is 0 Å². The first kappa shape index (κ1) is 23.3. The minimum absolute atomic E-state index is 0.149. The molecular formula is C25H29N3O4S. The molecule has 2 fully saturated rings. The average Bonchev–Trinajstić information content (AvgIpc) is 3.31. The molecule has 2 aromatic rings. The summed E-state index contributed by atoms with van der Waals surface area (Å²) >= 11 is 0. The summed E-state index contributed by atoms with van der Waals surface area (Å²) in [6.45, 7) is 1.41. The normalized spacial score (nSPS) is 19.9. The Bertz CT molecular complexity index is 1130. The molecule has 2 saturated heterocycles. The maximum absolute atomic E-state index is 13.3. The second kappa shape index (κ2) is 9.94. The van der Waals surface area contributed by atoms with Gasteiger partial charge in [0.05, 0.1) is 23.6 Å². The molecule has 1 amide bonds. The number of hydrogen-bond acceptors (Lipinski definition) is 5. The summed E-state index contributed by atoms with van der Waals surface area (Å²) in [5.74, 6) is 0.818. The fraction of sp³-hybridized carbons (Fsp3) is 0.440. The van der Waals surface area contributed by atoms with Crippen molar-refractivity contribution < 1.29 is 17.9 Å². The summed E-state index contributed by atoms with van der Waals surface area (Å²) in [4.78, 5) is 15.5. The van der Waals surface area contributed by atoms with Crippen LogP contribution in [0.15, 0.2) is 53.4 Å². The van der Waals surface area contributed by atoms with Crippen molar-refractivity contribution >= 4 is 15.9 Å². The van der Waals surface area contributed by atoms with Crippen LogP contribution >= 0.6 is 0 Å². The quantitative estimate of drug-likeness (QED) is 0.651. The first-order valence-electron chi connectivity index (χ1n) is 11.4. The Labute approximate surface area is 195 Å². The van der Waals surface area contributed by atoms with Crippen LogP contribution < -0.4 is 4.74 Å². The van der Waals surface area contributed by atoms with Crippen molar-refractivity contribution in [1.82, 2.24) is 9.21 Å². The molecule has 0 aromatic heterocycles. The molecule has 0 radical (unpaired) electrons. The number of carbonyl (C=O) groups is 1. The zero-order valence-corrected chi connectivity index (χ0v) is 19.6. The number of benzene rings is 2. The molecule has 174 valence electrons. The van der Waals surface area contributed by atoms with Crippen LogP contribution in [-0.2, 0) is 21.2 Å². The number of ether oxygens (including phenoxy) is 1. The van der Waals surface area contributed by atoms with E-state index in [4.69, 9.17) is 10.00 Å². The standard InChI is InChI=1S/C25H29N3O4S/c1-32-23-6-2-4-20(17-23)16-22-5-3-13-28(22)25(29)21-11-14-27(15-12-21)33(30,31)24-9-7-19(18-26)8-10-24/h2,4,6-10,17,21-22H,3,5,11-16H2,1H3. The van der Waals surface area contributed by atoms with Crippen LogP contribution in [0.5, 0.6) is 5.75 Å². The number of rotatable bonds is 6. The van der Waals surface area contributed by atoms with Crippen LogP contribution in [0.2, 0.25) is 0 Å². The summed E-state index contributed by atoms with van der Waals surface area (Å²) < 4.78 is 32.7. The Morgan fingerprint density at radius 2 is 1.82 bits per heavy atom. The van der Waals surface area contributed by atoms with Gasteiger partial charge in [0.2, 0.25) is 15.9 Å².